The third kappa shape index (κ3) is 1.99. The Kier molecular flexibility index (Phi) is 2.27. The highest BCUT2D eigenvalue weighted by Gasteiger charge is 2.14. The fourth-order valence-corrected chi connectivity index (χ4v) is 0.873. The number of amidine groups is 1. The fraction of sp³-hybridized carbons (Fsp3) is 0.500. The van der Waals surface area contributed by atoms with Gasteiger partial charge in [-0.1, -0.05) is 5.16 Å². The molecule has 3 N–H and O–H groups in total. The van der Waals surface area contributed by atoms with E-state index >= 15 is 0 Å². The van der Waals surface area contributed by atoms with Crippen LogP contribution in [-0.2, 0) is 5.54 Å². The van der Waals surface area contributed by atoms with E-state index < -0.39 is 0 Å². The molecule has 72 valence electrons. The Bertz CT molecular complexity index is 321. The van der Waals surface area contributed by atoms with Crippen LogP contribution >= 0.6 is 0 Å². The summed E-state index contributed by atoms with van der Waals surface area (Å²) in [4.78, 5) is 4.00. The Balaban J connectivity index is 3.00. The van der Waals surface area contributed by atoms with E-state index in [1.54, 1.807) is 12.5 Å². The first-order valence-electron chi connectivity index (χ1n) is 3.97. The zero-order valence-corrected chi connectivity index (χ0v) is 8.02. The maximum atomic E-state index is 8.41. The van der Waals surface area contributed by atoms with Gasteiger partial charge in [0.05, 0.1) is 6.33 Å². The van der Waals surface area contributed by atoms with Crippen molar-refractivity contribution in [1.82, 2.24) is 9.55 Å². The average Bonchev–Trinajstić information content (AvgIpc) is 2.50. The zero-order chi connectivity index (χ0) is 10.1. The van der Waals surface area contributed by atoms with E-state index in [0.29, 0.717) is 5.69 Å². The minimum atomic E-state index is -0.0407. The number of imidazole rings is 1. The Morgan fingerprint density at radius 1 is 1.62 bits per heavy atom. The summed E-state index contributed by atoms with van der Waals surface area (Å²) in [6, 6.07) is 0. The number of hydrogen-bond donors (Lipinski definition) is 2. The first-order valence-corrected chi connectivity index (χ1v) is 3.97. The standard InChI is InChI=1S/C8H14N4O/c1-8(2,3)12-4-6(10-5-12)7(9)11-13/h4-5,13H,1-3H3,(H2,9,11). The summed E-state index contributed by atoms with van der Waals surface area (Å²) in [6.45, 7) is 6.14. The molecule has 0 spiro atoms. The molecule has 0 radical (unpaired) electrons. The van der Waals surface area contributed by atoms with Gasteiger partial charge in [0, 0.05) is 11.7 Å². The molecule has 1 aromatic rings. The molecule has 0 amide bonds. The molecule has 1 aromatic heterocycles. The van der Waals surface area contributed by atoms with Crippen LogP contribution in [0.15, 0.2) is 17.7 Å². The van der Waals surface area contributed by atoms with Gasteiger partial charge in [-0.25, -0.2) is 4.98 Å². The van der Waals surface area contributed by atoms with Crippen LogP contribution < -0.4 is 5.73 Å². The molecule has 5 nitrogen and oxygen atoms in total. The predicted octanol–water partition coefficient (Wildman–Crippen LogP) is 0.733. The van der Waals surface area contributed by atoms with Crippen LogP contribution in [0.5, 0.6) is 0 Å². The van der Waals surface area contributed by atoms with E-state index in [9.17, 15) is 0 Å². The van der Waals surface area contributed by atoms with Gasteiger partial charge in [0.25, 0.3) is 0 Å². The minimum absolute atomic E-state index is 0.0306. The van der Waals surface area contributed by atoms with Gasteiger partial charge in [-0.15, -0.1) is 0 Å². The lowest BCUT2D eigenvalue weighted by atomic mass is 10.1. The summed E-state index contributed by atoms with van der Waals surface area (Å²) in [5.74, 6) is 0.0306. The van der Waals surface area contributed by atoms with Gasteiger partial charge in [-0.3, -0.25) is 0 Å². The van der Waals surface area contributed by atoms with E-state index in [0.717, 1.165) is 0 Å². The fourth-order valence-electron chi connectivity index (χ4n) is 0.873. The quantitative estimate of drug-likeness (QED) is 0.291. The first-order chi connectivity index (χ1) is 5.95. The van der Waals surface area contributed by atoms with Crippen LogP contribution in [0.1, 0.15) is 26.5 Å². The smallest absolute Gasteiger partial charge is 0.190 e. The van der Waals surface area contributed by atoms with Crippen LogP contribution in [0.4, 0.5) is 0 Å². The Hall–Kier alpha value is -1.52. The highest BCUT2D eigenvalue weighted by Crippen LogP contribution is 2.13. The summed E-state index contributed by atoms with van der Waals surface area (Å²) in [6.07, 6.45) is 3.41. The first kappa shape index (κ1) is 9.57. The molecule has 13 heavy (non-hydrogen) atoms. The van der Waals surface area contributed by atoms with E-state index in [2.05, 4.69) is 10.1 Å². The van der Waals surface area contributed by atoms with Gasteiger partial charge < -0.3 is 15.5 Å². The maximum Gasteiger partial charge on any atom is 0.190 e. The number of nitrogens with two attached hydrogens (primary N) is 1. The largest absolute Gasteiger partial charge is 0.409 e. The molecule has 0 fully saturated rings. The van der Waals surface area contributed by atoms with Crippen molar-refractivity contribution in [2.45, 2.75) is 26.3 Å². The molecule has 1 rings (SSSR count). The van der Waals surface area contributed by atoms with Crippen LogP contribution in [0, 0.1) is 0 Å². The average molecular weight is 182 g/mol. The third-order valence-electron chi connectivity index (χ3n) is 1.73. The van der Waals surface area contributed by atoms with Gasteiger partial charge in [0.15, 0.2) is 5.84 Å². The Morgan fingerprint density at radius 3 is 2.62 bits per heavy atom. The predicted molar refractivity (Wildman–Crippen MR) is 49.7 cm³/mol. The van der Waals surface area contributed by atoms with Crippen molar-refractivity contribution in [2.24, 2.45) is 10.9 Å². The zero-order valence-electron chi connectivity index (χ0n) is 8.02. The lowest BCUT2D eigenvalue weighted by molar-refractivity contribution is 0.318. The van der Waals surface area contributed by atoms with Gasteiger partial charge in [0.1, 0.15) is 5.69 Å². The second kappa shape index (κ2) is 3.08. The molecule has 0 saturated carbocycles. The molecule has 0 aliphatic heterocycles. The molecule has 5 heteroatoms. The SMILES string of the molecule is CC(C)(C)n1cnc(/C(N)=N\O)c1. The number of rotatable bonds is 1. The Labute approximate surface area is 76.9 Å². The lowest BCUT2D eigenvalue weighted by Gasteiger charge is -2.19. The van der Waals surface area contributed by atoms with Crippen molar-refractivity contribution in [2.75, 3.05) is 0 Å². The van der Waals surface area contributed by atoms with E-state index in [1.165, 1.54) is 0 Å². The maximum absolute atomic E-state index is 8.41. The number of aromatic nitrogens is 2. The summed E-state index contributed by atoms with van der Waals surface area (Å²) < 4.78 is 1.90. The monoisotopic (exact) mass is 182 g/mol. The highest BCUT2D eigenvalue weighted by atomic mass is 16.4. The minimum Gasteiger partial charge on any atom is -0.409 e. The second-order valence-electron chi connectivity index (χ2n) is 3.82. The lowest BCUT2D eigenvalue weighted by Crippen LogP contribution is -2.20. The summed E-state index contributed by atoms with van der Waals surface area (Å²) in [5.41, 5.74) is 5.82. The molecule has 0 aliphatic rings. The van der Waals surface area contributed by atoms with E-state index in [1.807, 2.05) is 25.3 Å². The third-order valence-corrected chi connectivity index (χ3v) is 1.73. The van der Waals surface area contributed by atoms with Crippen molar-refractivity contribution in [3.8, 4) is 0 Å². The summed E-state index contributed by atoms with van der Waals surface area (Å²) in [7, 11) is 0. The van der Waals surface area contributed by atoms with Gasteiger partial charge in [0.2, 0.25) is 0 Å². The highest BCUT2D eigenvalue weighted by molar-refractivity contribution is 5.94. The van der Waals surface area contributed by atoms with E-state index in [-0.39, 0.29) is 11.4 Å². The summed E-state index contributed by atoms with van der Waals surface area (Å²) >= 11 is 0. The number of oxime groups is 1. The van der Waals surface area contributed by atoms with E-state index in [4.69, 9.17) is 10.9 Å². The molecule has 0 aliphatic carbocycles. The number of nitrogens with zero attached hydrogens (tertiary/aromatic N) is 3. The molecule has 0 aromatic carbocycles. The normalized spacial score (nSPS) is 13.3. The molecular formula is C8H14N4O. The molecule has 0 atom stereocenters. The summed E-state index contributed by atoms with van der Waals surface area (Å²) in [5, 5.41) is 11.3. The van der Waals surface area contributed by atoms with Crippen LogP contribution in [0.2, 0.25) is 0 Å². The van der Waals surface area contributed by atoms with Crippen molar-refractivity contribution < 1.29 is 5.21 Å². The van der Waals surface area contributed by atoms with Crippen molar-refractivity contribution in [3.63, 3.8) is 0 Å². The molecule has 0 bridgehead atoms. The van der Waals surface area contributed by atoms with Gasteiger partial charge >= 0.3 is 0 Å². The van der Waals surface area contributed by atoms with Gasteiger partial charge in [-0.05, 0) is 20.8 Å². The van der Waals surface area contributed by atoms with Crippen molar-refractivity contribution in [3.05, 3.63) is 18.2 Å². The van der Waals surface area contributed by atoms with Crippen LogP contribution in [0.25, 0.3) is 0 Å². The molecule has 0 saturated heterocycles. The topological polar surface area (TPSA) is 76.4 Å². The van der Waals surface area contributed by atoms with Crippen LogP contribution in [-0.4, -0.2) is 20.6 Å². The molecular weight excluding hydrogens is 168 g/mol. The second-order valence-corrected chi connectivity index (χ2v) is 3.82. The Morgan fingerprint density at radius 2 is 2.23 bits per heavy atom. The van der Waals surface area contributed by atoms with Crippen LogP contribution in [0.3, 0.4) is 0 Å². The van der Waals surface area contributed by atoms with Crippen molar-refractivity contribution >= 4 is 5.84 Å². The molecule has 0 unspecified atom stereocenters. The van der Waals surface area contributed by atoms with Gasteiger partial charge in [-0.2, -0.15) is 0 Å². The van der Waals surface area contributed by atoms with Crippen molar-refractivity contribution in [1.29, 1.82) is 0 Å². The molecule has 1 heterocycles. The number of hydrogen-bond acceptors (Lipinski definition) is 3.